The number of aryl methyl sites for hydroxylation is 2. The second kappa shape index (κ2) is 9.92. The Kier molecular flexibility index (Phi) is 7.26. The molecule has 0 saturated heterocycles. The molecule has 3 atom stereocenters. The standard InChI is InChI=1S/C28H38OS/c1-19-5-11-23(12-6-19)29-24-13-9-21(3)27(17-24)28-18-26(16-10-22(28)4)30-25-14-7-20(2)8-15-25/h7-8,10,14-16,18-19,21,23-24,27H,5-6,9,11-13,17H2,1-4H3. The van der Waals surface area contributed by atoms with Crippen LogP contribution >= 0.6 is 11.8 Å². The predicted molar refractivity (Wildman–Crippen MR) is 129 cm³/mol. The van der Waals surface area contributed by atoms with Gasteiger partial charge in [-0.1, -0.05) is 49.4 Å². The van der Waals surface area contributed by atoms with E-state index in [-0.39, 0.29) is 0 Å². The predicted octanol–water partition coefficient (Wildman–Crippen LogP) is 8.32. The van der Waals surface area contributed by atoms with Crippen LogP contribution in [0.1, 0.15) is 81.4 Å². The van der Waals surface area contributed by atoms with Gasteiger partial charge in [-0.05, 0) is 112 Å². The van der Waals surface area contributed by atoms with Gasteiger partial charge < -0.3 is 4.74 Å². The molecule has 0 amide bonds. The quantitative estimate of drug-likeness (QED) is 0.479. The Labute approximate surface area is 188 Å². The molecule has 30 heavy (non-hydrogen) atoms. The van der Waals surface area contributed by atoms with E-state index in [0.717, 1.165) is 11.8 Å². The van der Waals surface area contributed by atoms with Crippen LogP contribution in [0.3, 0.4) is 0 Å². The fourth-order valence-electron chi connectivity index (χ4n) is 5.30. The van der Waals surface area contributed by atoms with Gasteiger partial charge in [-0.15, -0.1) is 0 Å². The lowest BCUT2D eigenvalue weighted by Crippen LogP contribution is -2.32. The minimum atomic E-state index is 0.442. The van der Waals surface area contributed by atoms with E-state index in [4.69, 9.17) is 4.74 Å². The highest BCUT2D eigenvalue weighted by Crippen LogP contribution is 2.42. The minimum absolute atomic E-state index is 0.442. The minimum Gasteiger partial charge on any atom is -0.375 e. The van der Waals surface area contributed by atoms with Crippen molar-refractivity contribution in [3.63, 3.8) is 0 Å². The average Bonchev–Trinajstić information content (AvgIpc) is 2.74. The lowest BCUT2D eigenvalue weighted by molar-refractivity contribution is -0.0588. The van der Waals surface area contributed by atoms with E-state index in [1.807, 2.05) is 11.8 Å². The third-order valence-electron chi connectivity index (χ3n) is 7.40. The largest absolute Gasteiger partial charge is 0.375 e. The van der Waals surface area contributed by atoms with Crippen molar-refractivity contribution in [1.29, 1.82) is 0 Å². The van der Waals surface area contributed by atoms with Gasteiger partial charge >= 0.3 is 0 Å². The number of rotatable bonds is 5. The summed E-state index contributed by atoms with van der Waals surface area (Å²) in [6, 6.07) is 15.9. The van der Waals surface area contributed by atoms with E-state index in [1.54, 1.807) is 5.56 Å². The molecule has 2 heteroatoms. The van der Waals surface area contributed by atoms with Gasteiger partial charge in [0.05, 0.1) is 12.2 Å². The molecule has 2 aromatic carbocycles. The molecule has 0 N–H and O–H groups in total. The summed E-state index contributed by atoms with van der Waals surface area (Å²) >= 11 is 1.88. The monoisotopic (exact) mass is 422 g/mol. The third kappa shape index (κ3) is 5.51. The van der Waals surface area contributed by atoms with E-state index in [0.29, 0.717) is 18.1 Å². The molecule has 3 unspecified atom stereocenters. The molecule has 0 heterocycles. The van der Waals surface area contributed by atoms with Gasteiger partial charge in [0.2, 0.25) is 0 Å². The molecule has 0 spiro atoms. The lowest BCUT2D eigenvalue weighted by Gasteiger charge is -2.38. The van der Waals surface area contributed by atoms with Crippen molar-refractivity contribution in [1.82, 2.24) is 0 Å². The first kappa shape index (κ1) is 22.0. The number of hydrogen-bond donors (Lipinski definition) is 0. The Bertz CT molecular complexity index is 819. The Morgan fingerprint density at radius 2 is 1.43 bits per heavy atom. The Balaban J connectivity index is 1.46. The van der Waals surface area contributed by atoms with Crippen molar-refractivity contribution in [3.05, 3.63) is 59.2 Å². The molecule has 2 aromatic rings. The van der Waals surface area contributed by atoms with Crippen molar-refractivity contribution in [2.75, 3.05) is 0 Å². The average molecular weight is 423 g/mol. The van der Waals surface area contributed by atoms with E-state index in [9.17, 15) is 0 Å². The zero-order valence-electron chi connectivity index (χ0n) is 19.2. The number of benzene rings is 2. The van der Waals surface area contributed by atoms with E-state index < -0.39 is 0 Å². The molecule has 0 aliphatic heterocycles. The van der Waals surface area contributed by atoms with Crippen LogP contribution in [0, 0.1) is 25.7 Å². The van der Waals surface area contributed by atoms with E-state index in [2.05, 4.69) is 70.2 Å². The van der Waals surface area contributed by atoms with Gasteiger partial charge in [0.15, 0.2) is 0 Å². The molecule has 162 valence electrons. The van der Waals surface area contributed by atoms with Crippen LogP contribution in [0.4, 0.5) is 0 Å². The van der Waals surface area contributed by atoms with Gasteiger partial charge in [0.1, 0.15) is 0 Å². The summed E-state index contributed by atoms with van der Waals surface area (Å²) in [6.07, 6.45) is 9.87. The van der Waals surface area contributed by atoms with E-state index >= 15 is 0 Å². The molecule has 2 aliphatic carbocycles. The molecule has 2 saturated carbocycles. The maximum absolute atomic E-state index is 6.65. The second-order valence-corrected chi connectivity index (χ2v) is 11.1. The SMILES string of the molecule is Cc1ccc(Sc2ccc(C)c(C3CC(OC4CCC(C)CC4)CCC3C)c2)cc1. The van der Waals surface area contributed by atoms with Crippen LogP contribution < -0.4 is 0 Å². The summed E-state index contributed by atoms with van der Waals surface area (Å²) in [6.45, 7) is 9.27. The van der Waals surface area contributed by atoms with Crippen molar-refractivity contribution in [2.45, 2.75) is 101 Å². The molecule has 2 aliphatic rings. The summed E-state index contributed by atoms with van der Waals surface area (Å²) < 4.78 is 6.65. The fraction of sp³-hybridized carbons (Fsp3) is 0.571. The maximum atomic E-state index is 6.65. The van der Waals surface area contributed by atoms with Crippen LogP contribution in [-0.4, -0.2) is 12.2 Å². The third-order valence-corrected chi connectivity index (χ3v) is 8.40. The van der Waals surface area contributed by atoms with E-state index in [1.165, 1.54) is 65.9 Å². The van der Waals surface area contributed by atoms with Gasteiger partial charge in [-0.3, -0.25) is 0 Å². The Morgan fingerprint density at radius 1 is 0.767 bits per heavy atom. The van der Waals surface area contributed by atoms with Gasteiger partial charge in [-0.25, -0.2) is 0 Å². The molecule has 1 nitrogen and oxygen atoms in total. The number of hydrogen-bond acceptors (Lipinski definition) is 2. The second-order valence-electron chi connectivity index (χ2n) is 9.97. The van der Waals surface area contributed by atoms with Crippen LogP contribution in [-0.2, 0) is 4.74 Å². The molecule has 0 bridgehead atoms. The van der Waals surface area contributed by atoms with Crippen molar-refractivity contribution >= 4 is 11.8 Å². The van der Waals surface area contributed by atoms with Gasteiger partial charge in [0, 0.05) is 9.79 Å². The summed E-state index contributed by atoms with van der Waals surface area (Å²) in [5, 5.41) is 0. The topological polar surface area (TPSA) is 9.23 Å². The normalized spacial score (nSPS) is 29.7. The first-order valence-electron chi connectivity index (χ1n) is 12.0. The van der Waals surface area contributed by atoms with Crippen LogP contribution in [0.15, 0.2) is 52.3 Å². The molecule has 4 rings (SSSR count). The number of ether oxygens (including phenoxy) is 1. The summed E-state index contributed by atoms with van der Waals surface area (Å²) in [7, 11) is 0. The highest BCUT2D eigenvalue weighted by atomic mass is 32.2. The van der Waals surface area contributed by atoms with Gasteiger partial charge in [-0.2, -0.15) is 0 Å². The Hall–Kier alpha value is -1.25. The fourth-order valence-corrected chi connectivity index (χ4v) is 6.17. The molecular formula is C28H38OS. The highest BCUT2D eigenvalue weighted by molar-refractivity contribution is 7.99. The van der Waals surface area contributed by atoms with Crippen molar-refractivity contribution in [2.24, 2.45) is 11.8 Å². The zero-order chi connectivity index (χ0) is 21.1. The molecule has 0 radical (unpaired) electrons. The summed E-state index contributed by atoms with van der Waals surface area (Å²) in [5.74, 6) is 2.24. The smallest absolute Gasteiger partial charge is 0.0585 e. The zero-order valence-corrected chi connectivity index (χ0v) is 20.0. The summed E-state index contributed by atoms with van der Waals surface area (Å²) in [5.41, 5.74) is 4.30. The Morgan fingerprint density at radius 3 is 2.17 bits per heavy atom. The van der Waals surface area contributed by atoms with Crippen LogP contribution in [0.5, 0.6) is 0 Å². The first-order chi connectivity index (χ1) is 14.5. The molecule has 2 fully saturated rings. The van der Waals surface area contributed by atoms with Crippen molar-refractivity contribution < 1.29 is 4.74 Å². The molecular weight excluding hydrogens is 384 g/mol. The summed E-state index contributed by atoms with van der Waals surface area (Å²) in [4.78, 5) is 2.68. The molecule has 0 aromatic heterocycles. The van der Waals surface area contributed by atoms with Crippen molar-refractivity contribution in [3.8, 4) is 0 Å². The van der Waals surface area contributed by atoms with Gasteiger partial charge in [0.25, 0.3) is 0 Å². The lowest BCUT2D eigenvalue weighted by atomic mass is 9.74. The van der Waals surface area contributed by atoms with Crippen LogP contribution in [0.2, 0.25) is 0 Å². The van der Waals surface area contributed by atoms with Crippen LogP contribution in [0.25, 0.3) is 0 Å². The highest BCUT2D eigenvalue weighted by Gasteiger charge is 2.32. The first-order valence-corrected chi connectivity index (χ1v) is 12.8. The maximum Gasteiger partial charge on any atom is 0.0585 e.